The van der Waals surface area contributed by atoms with Crippen molar-refractivity contribution in [3.05, 3.63) is 172 Å². The van der Waals surface area contributed by atoms with Crippen LogP contribution in [0.25, 0.3) is 22.3 Å². The summed E-state index contributed by atoms with van der Waals surface area (Å²) in [6.07, 6.45) is 4.71. The van der Waals surface area contributed by atoms with Crippen molar-refractivity contribution in [2.24, 2.45) is 0 Å². The van der Waals surface area contributed by atoms with E-state index in [2.05, 4.69) is 234 Å². The first-order chi connectivity index (χ1) is 32.5. The minimum atomic E-state index is -0.208. The summed E-state index contributed by atoms with van der Waals surface area (Å²) in [5.74, 6) is 0. The Kier molecular flexibility index (Phi) is 9.27. The molecule has 0 N–H and O–H groups in total. The molecule has 0 saturated heterocycles. The average molecular weight is 903 g/mol. The van der Waals surface area contributed by atoms with Gasteiger partial charge in [0.15, 0.2) is 0 Å². The fourth-order valence-corrected chi connectivity index (χ4v) is 13.8. The van der Waals surface area contributed by atoms with Crippen LogP contribution in [0.3, 0.4) is 0 Å². The quantitative estimate of drug-likeness (QED) is 0.163. The van der Waals surface area contributed by atoms with Gasteiger partial charge in [0.05, 0.1) is 5.69 Å². The Morgan fingerprint density at radius 2 is 0.942 bits per heavy atom. The van der Waals surface area contributed by atoms with Crippen LogP contribution in [0.2, 0.25) is 0 Å². The molecule has 12 rings (SSSR count). The maximum atomic E-state index is 2.76. The molecule has 0 aromatic heterocycles. The van der Waals surface area contributed by atoms with Crippen molar-refractivity contribution in [1.82, 2.24) is 0 Å². The Labute approximate surface area is 414 Å². The van der Waals surface area contributed by atoms with Crippen LogP contribution in [0.5, 0.6) is 0 Å². The highest BCUT2D eigenvalue weighted by molar-refractivity contribution is 7.00. The third kappa shape index (κ3) is 6.37. The van der Waals surface area contributed by atoms with Crippen molar-refractivity contribution in [3.8, 4) is 22.3 Å². The van der Waals surface area contributed by atoms with Gasteiger partial charge >= 0.3 is 0 Å². The molecule has 0 bridgehead atoms. The summed E-state index contributed by atoms with van der Waals surface area (Å²) < 4.78 is 0. The molecule has 2 nitrogen and oxygen atoms in total. The first-order valence-electron chi connectivity index (χ1n) is 26.1. The van der Waals surface area contributed by atoms with E-state index in [-0.39, 0.29) is 39.2 Å². The van der Waals surface area contributed by atoms with Crippen LogP contribution < -0.4 is 26.2 Å². The van der Waals surface area contributed by atoms with E-state index < -0.39 is 0 Å². The van der Waals surface area contributed by atoms with Gasteiger partial charge in [-0.25, -0.2) is 0 Å². The van der Waals surface area contributed by atoms with Gasteiger partial charge in [-0.3, -0.25) is 0 Å². The molecule has 0 spiro atoms. The number of hydrogen-bond acceptors (Lipinski definition) is 2. The molecule has 0 saturated carbocycles. The number of nitrogens with zero attached hydrogens (tertiary/aromatic N) is 2. The van der Waals surface area contributed by atoms with Crippen LogP contribution in [0.1, 0.15) is 160 Å². The molecule has 0 radical (unpaired) electrons. The minimum absolute atomic E-state index is 0.00611. The molecular formula is C66H71BN2. The molecule has 5 aliphatic rings. The van der Waals surface area contributed by atoms with Gasteiger partial charge in [-0.15, -0.1) is 0 Å². The average Bonchev–Trinajstić information content (AvgIpc) is 3.55. The van der Waals surface area contributed by atoms with Gasteiger partial charge in [-0.1, -0.05) is 181 Å². The Morgan fingerprint density at radius 1 is 0.420 bits per heavy atom. The Hall–Kier alpha value is -5.80. The van der Waals surface area contributed by atoms with Crippen molar-refractivity contribution >= 4 is 57.2 Å². The third-order valence-corrected chi connectivity index (χ3v) is 18.2. The minimum Gasteiger partial charge on any atom is -0.311 e. The van der Waals surface area contributed by atoms with Crippen molar-refractivity contribution in [2.45, 2.75) is 155 Å². The standard InChI is InChI=1S/C66H71BN2/c1-40-33-47-49(64(9,10)31-29-62(47,5)6)38-55(40)68-53-28-27-42(41-21-16-15-17-22-41)34-51(53)67-52-37-48-50(65(11,12)32-30-63(48,7)8)39-56(52)69(58-36-43(61(2,3)4)35-57(68)60(58)67)54-26-20-24-45-44-23-18-19-25-46(44)66(13,14)59(45)54/h15-28,33-39H,29-32H2,1-14H3. The van der Waals surface area contributed by atoms with Gasteiger partial charge < -0.3 is 9.80 Å². The van der Waals surface area contributed by atoms with Gasteiger partial charge in [0.25, 0.3) is 6.71 Å². The van der Waals surface area contributed by atoms with Gasteiger partial charge in [0.2, 0.25) is 0 Å². The zero-order valence-electron chi connectivity index (χ0n) is 43.9. The summed E-state index contributed by atoms with van der Waals surface area (Å²) in [5.41, 5.74) is 28.7. The first-order valence-corrected chi connectivity index (χ1v) is 26.1. The van der Waals surface area contributed by atoms with Crippen LogP contribution >= 0.6 is 0 Å². The van der Waals surface area contributed by atoms with Crippen molar-refractivity contribution in [3.63, 3.8) is 0 Å². The third-order valence-electron chi connectivity index (χ3n) is 18.2. The second kappa shape index (κ2) is 14.4. The Balaban J connectivity index is 1.24. The van der Waals surface area contributed by atoms with E-state index in [1.807, 2.05) is 0 Å². The number of rotatable bonds is 3. The van der Waals surface area contributed by atoms with E-state index >= 15 is 0 Å². The molecule has 0 fully saturated rings. The maximum absolute atomic E-state index is 2.76. The molecule has 3 aliphatic carbocycles. The largest absolute Gasteiger partial charge is 0.311 e. The molecule has 0 amide bonds. The van der Waals surface area contributed by atoms with Gasteiger partial charge in [-0.2, -0.15) is 0 Å². The highest BCUT2D eigenvalue weighted by Crippen LogP contribution is 2.57. The molecule has 3 heteroatoms. The fraction of sp³-hybridized carbons (Fsp3) is 0.364. The predicted octanol–water partition coefficient (Wildman–Crippen LogP) is 16.0. The lowest BCUT2D eigenvalue weighted by Crippen LogP contribution is -2.62. The Morgan fingerprint density at radius 3 is 1.57 bits per heavy atom. The zero-order chi connectivity index (χ0) is 48.5. The van der Waals surface area contributed by atoms with E-state index in [1.165, 1.54) is 143 Å². The second-order valence-corrected chi connectivity index (χ2v) is 26.0. The molecule has 0 unspecified atom stereocenters. The lowest BCUT2D eigenvalue weighted by atomic mass is 9.33. The number of anilines is 6. The molecule has 69 heavy (non-hydrogen) atoms. The van der Waals surface area contributed by atoms with E-state index in [4.69, 9.17) is 0 Å². The summed E-state index contributed by atoms with van der Waals surface area (Å²) >= 11 is 0. The molecule has 2 heterocycles. The van der Waals surface area contributed by atoms with Gasteiger partial charge in [0, 0.05) is 33.9 Å². The van der Waals surface area contributed by atoms with E-state index in [0.29, 0.717) is 0 Å². The highest BCUT2D eigenvalue weighted by atomic mass is 15.2. The molecule has 7 aromatic carbocycles. The van der Waals surface area contributed by atoms with Crippen molar-refractivity contribution in [1.29, 1.82) is 0 Å². The van der Waals surface area contributed by atoms with Crippen LogP contribution in [0.15, 0.2) is 127 Å². The van der Waals surface area contributed by atoms with Crippen molar-refractivity contribution in [2.75, 3.05) is 9.80 Å². The van der Waals surface area contributed by atoms with E-state index in [9.17, 15) is 0 Å². The number of benzene rings is 7. The zero-order valence-corrected chi connectivity index (χ0v) is 43.9. The molecule has 7 aromatic rings. The fourth-order valence-electron chi connectivity index (χ4n) is 13.8. The first kappa shape index (κ1) is 44.4. The van der Waals surface area contributed by atoms with E-state index in [0.717, 1.165) is 0 Å². The summed E-state index contributed by atoms with van der Waals surface area (Å²) in [4.78, 5) is 5.48. The SMILES string of the molecule is Cc1cc2c(cc1N1c3ccc(-c4ccccc4)cc3B3c4cc5c(cc4N(c4cccc6c4C(C)(C)c4ccccc4-6)c4cc(C(C)(C)C)cc1c43)C(C)(C)CCC5(C)C)C(C)(C)CCC2(C)C. The molecule has 348 valence electrons. The normalized spacial score (nSPS) is 19.1. The maximum Gasteiger partial charge on any atom is 0.252 e. The lowest BCUT2D eigenvalue weighted by Gasteiger charge is -2.49. The summed E-state index contributed by atoms with van der Waals surface area (Å²) in [6.45, 7) is 34.4. The monoisotopic (exact) mass is 903 g/mol. The number of hydrogen-bond donors (Lipinski definition) is 0. The molecule has 2 aliphatic heterocycles. The number of aryl methyl sites for hydroxylation is 1. The second-order valence-electron chi connectivity index (χ2n) is 26.0. The van der Waals surface area contributed by atoms with Crippen molar-refractivity contribution < 1.29 is 0 Å². The van der Waals surface area contributed by atoms with Crippen LogP contribution in [0, 0.1) is 6.92 Å². The smallest absolute Gasteiger partial charge is 0.252 e. The van der Waals surface area contributed by atoms with Gasteiger partial charge in [-0.05, 0) is 179 Å². The Bertz CT molecular complexity index is 3320. The highest BCUT2D eigenvalue weighted by Gasteiger charge is 2.49. The predicted molar refractivity (Wildman–Crippen MR) is 297 cm³/mol. The summed E-state index contributed by atoms with van der Waals surface area (Å²) in [6, 6.07) is 50.6. The van der Waals surface area contributed by atoms with E-state index in [1.54, 1.807) is 0 Å². The molecular weight excluding hydrogens is 832 g/mol. The van der Waals surface area contributed by atoms with Crippen LogP contribution in [-0.4, -0.2) is 6.71 Å². The topological polar surface area (TPSA) is 6.48 Å². The lowest BCUT2D eigenvalue weighted by molar-refractivity contribution is 0.332. The van der Waals surface area contributed by atoms with Gasteiger partial charge in [0.1, 0.15) is 0 Å². The molecule has 0 atom stereocenters. The van der Waals surface area contributed by atoms with Crippen LogP contribution in [-0.2, 0) is 32.5 Å². The summed E-state index contributed by atoms with van der Waals surface area (Å²) in [7, 11) is 0. The van der Waals surface area contributed by atoms with Crippen LogP contribution in [0.4, 0.5) is 34.1 Å². The number of fused-ring (bicyclic) bond motifs is 9. The summed E-state index contributed by atoms with van der Waals surface area (Å²) in [5, 5.41) is 0.